The van der Waals surface area contributed by atoms with Crippen molar-refractivity contribution in [1.29, 1.82) is 0 Å². The number of nitrogens with zero attached hydrogens (tertiary/aromatic N) is 3. The summed E-state index contributed by atoms with van der Waals surface area (Å²) in [4.78, 5) is 32.9. The smallest absolute Gasteiger partial charge is 0.338 e. The van der Waals surface area contributed by atoms with Crippen molar-refractivity contribution in [2.75, 3.05) is 12.9 Å². The normalized spacial score (nSPS) is 16.1. The van der Waals surface area contributed by atoms with Crippen LogP contribution in [-0.4, -0.2) is 28.0 Å². The Labute approximate surface area is 200 Å². The summed E-state index contributed by atoms with van der Waals surface area (Å²) in [6.45, 7) is 7.91. The molecule has 1 aliphatic heterocycles. The molecule has 0 bridgehead atoms. The summed E-state index contributed by atoms with van der Waals surface area (Å²) in [5.41, 5.74) is 4.89. The number of rotatable bonds is 5. The van der Waals surface area contributed by atoms with Gasteiger partial charge in [0.25, 0.3) is 5.56 Å². The van der Waals surface area contributed by atoms with E-state index < -0.39 is 12.0 Å². The summed E-state index contributed by atoms with van der Waals surface area (Å²) in [6.07, 6.45) is 3.93. The molecular weight excluding hydrogens is 454 g/mol. The molecule has 3 heterocycles. The van der Waals surface area contributed by atoms with E-state index in [4.69, 9.17) is 4.74 Å². The molecule has 1 atom stereocenters. The van der Waals surface area contributed by atoms with Gasteiger partial charge in [-0.25, -0.2) is 9.79 Å². The van der Waals surface area contributed by atoms with Crippen molar-refractivity contribution in [2.24, 2.45) is 12.0 Å². The Morgan fingerprint density at radius 2 is 1.94 bits per heavy atom. The van der Waals surface area contributed by atoms with Crippen molar-refractivity contribution in [1.82, 2.24) is 9.13 Å². The van der Waals surface area contributed by atoms with Crippen LogP contribution in [0.1, 0.15) is 42.4 Å². The van der Waals surface area contributed by atoms with Gasteiger partial charge >= 0.3 is 5.97 Å². The lowest BCUT2D eigenvalue weighted by Crippen LogP contribution is -2.39. The lowest BCUT2D eigenvalue weighted by atomic mass is 9.96. The number of allylic oxidation sites excluding steroid dienone is 1. The van der Waals surface area contributed by atoms with E-state index in [1.807, 2.05) is 57.5 Å². The Hall–Kier alpha value is -2.84. The van der Waals surface area contributed by atoms with E-state index in [9.17, 15) is 9.59 Å². The highest BCUT2D eigenvalue weighted by molar-refractivity contribution is 7.98. The molecule has 8 heteroatoms. The summed E-state index contributed by atoms with van der Waals surface area (Å²) in [5.74, 6) is -0.443. The minimum absolute atomic E-state index is 0.159. The van der Waals surface area contributed by atoms with Crippen LogP contribution in [0.5, 0.6) is 0 Å². The van der Waals surface area contributed by atoms with Crippen molar-refractivity contribution in [2.45, 2.75) is 38.6 Å². The van der Waals surface area contributed by atoms with Crippen molar-refractivity contribution >= 4 is 35.1 Å². The molecule has 4 rings (SSSR count). The zero-order valence-electron chi connectivity index (χ0n) is 19.6. The summed E-state index contributed by atoms with van der Waals surface area (Å²) in [6, 6.07) is 9.43. The Morgan fingerprint density at radius 3 is 2.52 bits per heavy atom. The van der Waals surface area contributed by atoms with E-state index in [0.29, 0.717) is 20.6 Å². The molecule has 0 spiro atoms. The molecule has 2 aromatic heterocycles. The third-order valence-corrected chi connectivity index (χ3v) is 7.78. The van der Waals surface area contributed by atoms with Crippen LogP contribution in [0.25, 0.3) is 6.08 Å². The van der Waals surface area contributed by atoms with Crippen molar-refractivity contribution < 1.29 is 9.53 Å². The van der Waals surface area contributed by atoms with E-state index >= 15 is 0 Å². The van der Waals surface area contributed by atoms with Crippen molar-refractivity contribution in [3.63, 3.8) is 0 Å². The third kappa shape index (κ3) is 4.13. The van der Waals surface area contributed by atoms with Gasteiger partial charge in [-0.2, -0.15) is 0 Å². The minimum atomic E-state index is -0.586. The first-order valence-electron chi connectivity index (χ1n) is 10.7. The number of hydrogen-bond donors (Lipinski definition) is 0. The van der Waals surface area contributed by atoms with E-state index in [1.54, 1.807) is 30.2 Å². The Balaban J connectivity index is 1.96. The Bertz CT molecular complexity index is 1440. The summed E-state index contributed by atoms with van der Waals surface area (Å²) < 4.78 is 9.68. The van der Waals surface area contributed by atoms with Crippen molar-refractivity contribution in [3.05, 3.63) is 83.8 Å². The molecule has 0 aliphatic carbocycles. The molecule has 1 aromatic carbocycles. The number of benzene rings is 1. The standard InChI is InChI=1S/C25H27N3O3S2/c1-7-31-24(30)21-15(3)26-25-28(22(21)17-8-10-19(32-6)11-9-17)23(29)20(33-25)13-18-12-14(2)27(5)16(18)4/h8-13,22H,7H2,1-6H3/b20-13+/t22-/m1/s1. The third-order valence-electron chi connectivity index (χ3n) is 6.05. The number of fused-ring (bicyclic) bond motifs is 1. The van der Waals surface area contributed by atoms with Gasteiger partial charge in [-0.3, -0.25) is 9.36 Å². The zero-order chi connectivity index (χ0) is 23.9. The van der Waals surface area contributed by atoms with Crippen LogP contribution < -0.4 is 14.9 Å². The van der Waals surface area contributed by atoms with Crippen LogP contribution in [0.4, 0.5) is 0 Å². The van der Waals surface area contributed by atoms with Gasteiger partial charge in [-0.1, -0.05) is 23.5 Å². The first-order valence-corrected chi connectivity index (χ1v) is 12.8. The van der Waals surface area contributed by atoms with E-state index in [2.05, 4.69) is 15.6 Å². The summed E-state index contributed by atoms with van der Waals surface area (Å²) in [7, 11) is 2.01. The van der Waals surface area contributed by atoms with Crippen LogP contribution >= 0.6 is 23.1 Å². The first-order chi connectivity index (χ1) is 15.8. The number of ether oxygens (including phenoxy) is 1. The van der Waals surface area contributed by atoms with Crippen LogP contribution in [0.2, 0.25) is 0 Å². The first kappa shape index (κ1) is 23.3. The number of carbonyl (C=O) groups is 1. The molecule has 0 N–H and O–H groups in total. The summed E-state index contributed by atoms with van der Waals surface area (Å²) >= 11 is 2.99. The fraction of sp³-hybridized carbons (Fsp3) is 0.320. The fourth-order valence-corrected chi connectivity index (χ4v) is 5.51. The lowest BCUT2D eigenvalue weighted by molar-refractivity contribution is -0.139. The second-order valence-electron chi connectivity index (χ2n) is 7.96. The molecule has 0 amide bonds. The van der Waals surface area contributed by atoms with Crippen LogP contribution in [0, 0.1) is 13.8 Å². The number of carbonyl (C=O) groups excluding carboxylic acids is 1. The van der Waals surface area contributed by atoms with Crippen LogP contribution in [0.3, 0.4) is 0 Å². The molecule has 0 saturated heterocycles. The second-order valence-corrected chi connectivity index (χ2v) is 9.85. The van der Waals surface area contributed by atoms with Crippen LogP contribution in [-0.2, 0) is 16.6 Å². The lowest BCUT2D eigenvalue weighted by Gasteiger charge is -2.24. The van der Waals surface area contributed by atoms with Crippen LogP contribution in [0.15, 0.2) is 56.3 Å². The molecule has 0 saturated carbocycles. The van der Waals surface area contributed by atoms with Gasteiger partial charge in [0.15, 0.2) is 4.80 Å². The van der Waals surface area contributed by atoms with Gasteiger partial charge in [0.1, 0.15) is 0 Å². The topological polar surface area (TPSA) is 65.6 Å². The molecule has 0 fully saturated rings. The quantitative estimate of drug-likeness (QED) is 0.413. The maximum absolute atomic E-state index is 13.7. The molecule has 33 heavy (non-hydrogen) atoms. The molecule has 172 valence electrons. The van der Waals surface area contributed by atoms with Gasteiger partial charge in [-0.05, 0) is 69.4 Å². The van der Waals surface area contributed by atoms with E-state index in [0.717, 1.165) is 27.4 Å². The predicted octanol–water partition coefficient (Wildman–Crippen LogP) is 3.48. The molecule has 0 radical (unpaired) electrons. The SMILES string of the molecule is CCOC(=O)C1=C(C)N=c2s/c(=C/c3cc(C)n(C)c3C)c(=O)n2[C@@H]1c1ccc(SC)cc1. The Kier molecular flexibility index (Phi) is 6.50. The van der Waals surface area contributed by atoms with E-state index in [-0.39, 0.29) is 12.2 Å². The second kappa shape index (κ2) is 9.19. The van der Waals surface area contributed by atoms with Gasteiger partial charge < -0.3 is 9.30 Å². The Morgan fingerprint density at radius 1 is 1.24 bits per heavy atom. The van der Waals surface area contributed by atoms with Gasteiger partial charge in [-0.15, -0.1) is 11.8 Å². The number of aromatic nitrogens is 2. The molecule has 0 unspecified atom stereocenters. The molecular formula is C25H27N3O3S2. The average molecular weight is 482 g/mol. The van der Waals surface area contributed by atoms with Crippen molar-refractivity contribution in [3.8, 4) is 0 Å². The number of aryl methyl sites for hydroxylation is 1. The number of esters is 1. The fourth-order valence-electron chi connectivity index (χ4n) is 4.06. The number of hydrogen-bond acceptors (Lipinski definition) is 6. The predicted molar refractivity (Wildman–Crippen MR) is 134 cm³/mol. The van der Waals surface area contributed by atoms with Gasteiger partial charge in [0.2, 0.25) is 0 Å². The van der Waals surface area contributed by atoms with E-state index in [1.165, 1.54) is 11.3 Å². The zero-order valence-corrected chi connectivity index (χ0v) is 21.3. The van der Waals surface area contributed by atoms with Gasteiger partial charge in [0.05, 0.1) is 28.5 Å². The highest BCUT2D eigenvalue weighted by Gasteiger charge is 2.33. The maximum Gasteiger partial charge on any atom is 0.338 e. The minimum Gasteiger partial charge on any atom is -0.463 e. The monoisotopic (exact) mass is 481 g/mol. The molecule has 1 aliphatic rings. The maximum atomic E-state index is 13.7. The summed E-state index contributed by atoms with van der Waals surface area (Å²) in [5, 5.41) is 0. The largest absolute Gasteiger partial charge is 0.463 e. The average Bonchev–Trinajstić information content (AvgIpc) is 3.23. The number of thioether (sulfide) groups is 1. The molecule has 6 nitrogen and oxygen atoms in total. The van der Waals surface area contributed by atoms with Gasteiger partial charge in [0, 0.05) is 23.3 Å². The number of thiazole rings is 1. The molecule has 3 aromatic rings. The highest BCUT2D eigenvalue weighted by Crippen LogP contribution is 2.31. The highest BCUT2D eigenvalue weighted by atomic mass is 32.2.